The van der Waals surface area contributed by atoms with E-state index in [2.05, 4.69) is 10.1 Å². The fourth-order valence-corrected chi connectivity index (χ4v) is 6.23. The van der Waals surface area contributed by atoms with Crippen molar-refractivity contribution in [1.29, 1.82) is 0 Å². The van der Waals surface area contributed by atoms with Gasteiger partial charge in [-0.2, -0.15) is 4.31 Å². The zero-order chi connectivity index (χ0) is 23.2. The number of pyridine rings is 1. The second-order valence-corrected chi connectivity index (χ2v) is 10.6. The van der Waals surface area contributed by atoms with E-state index in [1.54, 1.807) is 11.0 Å². The van der Waals surface area contributed by atoms with Gasteiger partial charge in [-0.1, -0.05) is 36.7 Å². The molecule has 1 aliphatic rings. The summed E-state index contributed by atoms with van der Waals surface area (Å²) in [6.07, 6.45) is 1.49. The average Bonchev–Trinajstić information content (AvgIpc) is 3.16. The Morgan fingerprint density at radius 1 is 1.03 bits per heavy atom. The SMILES string of the molecule is Cc1cc(C)c(S(=O)(=O)N2CCN(C(=O)c3cnc4onc(C(C)C)c4c3)CC2)c(C)c1. The summed E-state index contributed by atoms with van der Waals surface area (Å²) in [5.74, 6) is -0.0270. The number of fused-ring (bicyclic) bond motifs is 1. The number of sulfonamides is 1. The van der Waals surface area contributed by atoms with Gasteiger partial charge in [0, 0.05) is 32.4 Å². The molecule has 0 aliphatic carbocycles. The van der Waals surface area contributed by atoms with Gasteiger partial charge in [-0.15, -0.1) is 0 Å². The van der Waals surface area contributed by atoms with Crippen molar-refractivity contribution >= 4 is 27.0 Å². The van der Waals surface area contributed by atoms with Crippen LogP contribution in [0.4, 0.5) is 0 Å². The van der Waals surface area contributed by atoms with Gasteiger partial charge in [0.2, 0.25) is 10.0 Å². The molecule has 9 heteroatoms. The van der Waals surface area contributed by atoms with Crippen LogP contribution in [-0.4, -0.2) is 59.8 Å². The second kappa shape index (κ2) is 8.29. The van der Waals surface area contributed by atoms with Gasteiger partial charge in [-0.05, 0) is 43.9 Å². The lowest BCUT2D eigenvalue weighted by molar-refractivity contribution is 0.0697. The van der Waals surface area contributed by atoms with E-state index >= 15 is 0 Å². The van der Waals surface area contributed by atoms with Crippen LogP contribution in [0.3, 0.4) is 0 Å². The van der Waals surface area contributed by atoms with E-state index in [-0.39, 0.29) is 24.9 Å². The molecule has 0 radical (unpaired) electrons. The van der Waals surface area contributed by atoms with Crippen LogP contribution in [0.15, 0.2) is 33.8 Å². The third-order valence-corrected chi connectivity index (χ3v) is 8.08. The lowest BCUT2D eigenvalue weighted by atomic mass is 10.1. The Bertz CT molecular complexity index is 1270. The molecule has 0 bridgehead atoms. The van der Waals surface area contributed by atoms with Crippen molar-refractivity contribution in [3.05, 3.63) is 52.3 Å². The van der Waals surface area contributed by atoms with E-state index < -0.39 is 10.0 Å². The highest BCUT2D eigenvalue weighted by Gasteiger charge is 2.32. The predicted molar refractivity (Wildman–Crippen MR) is 121 cm³/mol. The van der Waals surface area contributed by atoms with Crippen LogP contribution in [0.1, 0.15) is 52.5 Å². The Labute approximate surface area is 188 Å². The van der Waals surface area contributed by atoms with E-state index in [4.69, 9.17) is 4.52 Å². The first-order chi connectivity index (χ1) is 15.1. The van der Waals surface area contributed by atoms with Crippen molar-refractivity contribution in [3.63, 3.8) is 0 Å². The van der Waals surface area contributed by atoms with Crippen molar-refractivity contribution in [2.45, 2.75) is 45.4 Å². The highest BCUT2D eigenvalue weighted by Crippen LogP contribution is 2.27. The number of nitrogens with zero attached hydrogens (tertiary/aromatic N) is 4. The second-order valence-electron chi connectivity index (χ2n) is 8.72. The monoisotopic (exact) mass is 456 g/mol. The number of amides is 1. The maximum absolute atomic E-state index is 13.3. The maximum atomic E-state index is 13.3. The Hall–Kier alpha value is -2.78. The molecule has 1 aliphatic heterocycles. The van der Waals surface area contributed by atoms with Gasteiger partial charge < -0.3 is 9.42 Å². The molecule has 0 saturated carbocycles. The van der Waals surface area contributed by atoms with Gasteiger partial charge >= 0.3 is 0 Å². The first kappa shape index (κ1) is 22.4. The molecule has 0 N–H and O–H groups in total. The fraction of sp³-hybridized carbons (Fsp3) is 0.435. The lowest BCUT2D eigenvalue weighted by Gasteiger charge is -2.34. The van der Waals surface area contributed by atoms with Gasteiger partial charge in [0.25, 0.3) is 11.6 Å². The highest BCUT2D eigenvalue weighted by molar-refractivity contribution is 7.89. The molecule has 32 heavy (non-hydrogen) atoms. The first-order valence-electron chi connectivity index (χ1n) is 10.7. The molecule has 1 saturated heterocycles. The molecule has 0 atom stereocenters. The molecular formula is C23H28N4O4S. The summed E-state index contributed by atoms with van der Waals surface area (Å²) in [5.41, 5.74) is 4.15. The van der Waals surface area contributed by atoms with Gasteiger partial charge in [0.15, 0.2) is 0 Å². The van der Waals surface area contributed by atoms with Crippen LogP contribution in [0.25, 0.3) is 11.1 Å². The largest absolute Gasteiger partial charge is 0.336 e. The molecular weight excluding hydrogens is 428 g/mol. The topological polar surface area (TPSA) is 96.6 Å². The molecule has 3 aromatic rings. The quantitative estimate of drug-likeness (QED) is 0.597. The first-order valence-corrected chi connectivity index (χ1v) is 12.2. The Kier molecular flexibility index (Phi) is 5.81. The normalized spacial score (nSPS) is 15.6. The third kappa shape index (κ3) is 3.91. The van der Waals surface area contributed by atoms with Crippen LogP contribution in [-0.2, 0) is 10.0 Å². The van der Waals surface area contributed by atoms with Gasteiger partial charge in [-0.25, -0.2) is 13.4 Å². The lowest BCUT2D eigenvalue weighted by Crippen LogP contribution is -2.50. The number of piperazine rings is 1. The number of carbonyl (C=O) groups excluding carboxylic acids is 1. The van der Waals surface area contributed by atoms with E-state index in [0.717, 1.165) is 27.8 Å². The van der Waals surface area contributed by atoms with E-state index in [1.165, 1.54) is 10.5 Å². The summed E-state index contributed by atoms with van der Waals surface area (Å²) < 4.78 is 33.3. The van der Waals surface area contributed by atoms with Gasteiger partial charge in [0.05, 0.1) is 21.5 Å². The Morgan fingerprint density at radius 2 is 1.66 bits per heavy atom. The number of aryl methyl sites for hydroxylation is 3. The molecule has 4 rings (SSSR count). The van der Waals surface area contributed by atoms with E-state index in [1.807, 2.05) is 46.8 Å². The van der Waals surface area contributed by atoms with Crippen molar-refractivity contribution in [2.24, 2.45) is 0 Å². The molecule has 8 nitrogen and oxygen atoms in total. The number of benzene rings is 1. The summed E-state index contributed by atoms with van der Waals surface area (Å²) in [7, 11) is -3.63. The number of hydrogen-bond donors (Lipinski definition) is 0. The summed E-state index contributed by atoms with van der Waals surface area (Å²) in [6, 6.07) is 5.54. The summed E-state index contributed by atoms with van der Waals surface area (Å²) in [5, 5.41) is 4.79. The summed E-state index contributed by atoms with van der Waals surface area (Å²) in [6.45, 7) is 10.8. The number of carbonyl (C=O) groups is 1. The van der Waals surface area contributed by atoms with Gasteiger partial charge in [-0.3, -0.25) is 4.79 Å². The average molecular weight is 457 g/mol. The van der Waals surface area contributed by atoms with E-state index in [0.29, 0.717) is 29.3 Å². The molecule has 170 valence electrons. The minimum absolute atomic E-state index is 0.144. The van der Waals surface area contributed by atoms with Gasteiger partial charge in [0.1, 0.15) is 0 Å². The fourth-order valence-electron chi connectivity index (χ4n) is 4.40. The maximum Gasteiger partial charge on any atom is 0.257 e. The number of hydrogen-bond acceptors (Lipinski definition) is 6. The van der Waals surface area contributed by atoms with Crippen LogP contribution in [0.2, 0.25) is 0 Å². The van der Waals surface area contributed by atoms with Crippen molar-refractivity contribution in [2.75, 3.05) is 26.2 Å². The Morgan fingerprint density at radius 3 is 2.25 bits per heavy atom. The molecule has 1 aromatic carbocycles. The molecule has 0 unspecified atom stereocenters. The smallest absolute Gasteiger partial charge is 0.257 e. The van der Waals surface area contributed by atoms with Crippen molar-refractivity contribution < 1.29 is 17.7 Å². The van der Waals surface area contributed by atoms with Crippen molar-refractivity contribution in [1.82, 2.24) is 19.3 Å². The number of aromatic nitrogens is 2. The molecule has 0 spiro atoms. The molecule has 1 amide bonds. The van der Waals surface area contributed by atoms with Crippen LogP contribution < -0.4 is 0 Å². The van der Waals surface area contributed by atoms with Crippen LogP contribution >= 0.6 is 0 Å². The predicted octanol–water partition coefficient (Wildman–Crippen LogP) is 3.42. The Balaban J connectivity index is 1.52. The molecule has 3 heterocycles. The zero-order valence-electron chi connectivity index (χ0n) is 19.0. The minimum Gasteiger partial charge on any atom is -0.336 e. The summed E-state index contributed by atoms with van der Waals surface area (Å²) >= 11 is 0. The van der Waals surface area contributed by atoms with Crippen molar-refractivity contribution in [3.8, 4) is 0 Å². The molecule has 1 fully saturated rings. The highest BCUT2D eigenvalue weighted by atomic mass is 32.2. The summed E-state index contributed by atoms with van der Waals surface area (Å²) in [4.78, 5) is 19.4. The van der Waals surface area contributed by atoms with Crippen LogP contribution in [0.5, 0.6) is 0 Å². The third-order valence-electron chi connectivity index (χ3n) is 5.88. The zero-order valence-corrected chi connectivity index (χ0v) is 19.9. The number of rotatable bonds is 4. The van der Waals surface area contributed by atoms with Crippen LogP contribution in [0, 0.1) is 20.8 Å². The van der Waals surface area contributed by atoms with E-state index in [9.17, 15) is 13.2 Å². The molecule has 2 aromatic heterocycles. The minimum atomic E-state index is -3.63. The standard InChI is InChI=1S/C23H28N4O4S/c1-14(2)20-19-12-18(13-24-22(19)31-25-20)23(28)26-6-8-27(9-7-26)32(29,30)21-16(4)10-15(3)11-17(21)5/h10-14H,6-9H2,1-5H3.